The number of rotatable bonds is 2. The third-order valence-corrected chi connectivity index (χ3v) is 4.50. The quantitative estimate of drug-likeness (QED) is 0.714. The second-order valence-electron chi connectivity index (χ2n) is 6.17. The van der Waals surface area contributed by atoms with Crippen molar-refractivity contribution in [1.29, 1.82) is 0 Å². The van der Waals surface area contributed by atoms with Crippen LogP contribution in [0.25, 0.3) is 10.9 Å². The zero-order valence-electron chi connectivity index (χ0n) is 14.2. The van der Waals surface area contributed by atoms with E-state index < -0.39 is 0 Å². The van der Waals surface area contributed by atoms with E-state index in [4.69, 9.17) is 0 Å². The number of aryl methyl sites for hydroxylation is 1. The summed E-state index contributed by atoms with van der Waals surface area (Å²) in [5.74, 6) is 0. The third-order valence-electron chi connectivity index (χ3n) is 4.50. The largest absolute Gasteiger partial charge is 0.366 e. The smallest absolute Gasteiger partial charge is 0.0708 e. The van der Waals surface area contributed by atoms with Gasteiger partial charge in [-0.2, -0.15) is 0 Å². The SMILES string of the molecule is Cc1cc(CN2CCNCc3ccccc32)c2ccccc2n1.Cl.Cl. The predicted molar refractivity (Wildman–Crippen MR) is 110 cm³/mol. The van der Waals surface area contributed by atoms with E-state index in [0.29, 0.717) is 0 Å². The van der Waals surface area contributed by atoms with Crippen LogP contribution in [0.1, 0.15) is 16.8 Å². The van der Waals surface area contributed by atoms with Crippen LogP contribution in [0.2, 0.25) is 0 Å². The molecule has 0 fully saturated rings. The summed E-state index contributed by atoms with van der Waals surface area (Å²) < 4.78 is 0. The third kappa shape index (κ3) is 4.06. The van der Waals surface area contributed by atoms with E-state index in [1.807, 2.05) is 0 Å². The average molecular weight is 376 g/mol. The van der Waals surface area contributed by atoms with Crippen LogP contribution in [0.15, 0.2) is 54.6 Å². The van der Waals surface area contributed by atoms with Gasteiger partial charge in [0.25, 0.3) is 0 Å². The summed E-state index contributed by atoms with van der Waals surface area (Å²) in [7, 11) is 0. The Labute approximate surface area is 161 Å². The molecule has 3 aromatic rings. The molecule has 1 aliphatic heterocycles. The number of nitrogens with one attached hydrogen (secondary N) is 1. The van der Waals surface area contributed by atoms with Gasteiger partial charge in [0.1, 0.15) is 0 Å². The molecule has 0 saturated heterocycles. The van der Waals surface area contributed by atoms with Crippen LogP contribution in [0.4, 0.5) is 5.69 Å². The van der Waals surface area contributed by atoms with Crippen molar-refractivity contribution in [2.24, 2.45) is 0 Å². The van der Waals surface area contributed by atoms with Crippen LogP contribution >= 0.6 is 24.8 Å². The second kappa shape index (κ2) is 8.52. The second-order valence-corrected chi connectivity index (χ2v) is 6.17. The number of aromatic nitrogens is 1. The summed E-state index contributed by atoms with van der Waals surface area (Å²) in [4.78, 5) is 7.14. The molecule has 2 heterocycles. The zero-order valence-corrected chi connectivity index (χ0v) is 15.9. The Balaban J connectivity index is 0.00000113. The summed E-state index contributed by atoms with van der Waals surface area (Å²) in [6.07, 6.45) is 0. The summed E-state index contributed by atoms with van der Waals surface area (Å²) >= 11 is 0. The van der Waals surface area contributed by atoms with Gasteiger partial charge in [0, 0.05) is 42.9 Å². The molecule has 3 nitrogen and oxygen atoms in total. The first-order valence-corrected chi connectivity index (χ1v) is 8.20. The minimum absolute atomic E-state index is 0. The Hall–Kier alpha value is -1.81. The fourth-order valence-electron chi connectivity index (χ4n) is 3.42. The highest BCUT2D eigenvalue weighted by atomic mass is 35.5. The van der Waals surface area contributed by atoms with E-state index in [0.717, 1.165) is 37.4 Å². The number of benzene rings is 2. The Morgan fingerprint density at radius 1 is 1.04 bits per heavy atom. The molecule has 25 heavy (non-hydrogen) atoms. The molecule has 2 aromatic carbocycles. The molecular weight excluding hydrogens is 353 g/mol. The van der Waals surface area contributed by atoms with Gasteiger partial charge in [-0.3, -0.25) is 4.98 Å². The number of nitrogens with zero attached hydrogens (tertiary/aromatic N) is 2. The number of hydrogen-bond donors (Lipinski definition) is 1. The van der Waals surface area contributed by atoms with Crippen molar-refractivity contribution >= 4 is 41.4 Å². The lowest BCUT2D eigenvalue weighted by Crippen LogP contribution is -2.28. The molecular formula is C20H23Cl2N3. The highest BCUT2D eigenvalue weighted by molar-refractivity contribution is 5.85. The van der Waals surface area contributed by atoms with Gasteiger partial charge in [-0.1, -0.05) is 36.4 Å². The maximum Gasteiger partial charge on any atom is 0.0708 e. The lowest BCUT2D eigenvalue weighted by molar-refractivity contribution is 0.689. The maximum atomic E-state index is 4.66. The van der Waals surface area contributed by atoms with Crippen LogP contribution in [0.5, 0.6) is 0 Å². The van der Waals surface area contributed by atoms with E-state index in [1.165, 1.54) is 22.2 Å². The molecule has 0 aliphatic carbocycles. The minimum Gasteiger partial charge on any atom is -0.366 e. The molecule has 0 radical (unpaired) electrons. The van der Waals surface area contributed by atoms with Crippen molar-refractivity contribution in [3.8, 4) is 0 Å². The summed E-state index contributed by atoms with van der Waals surface area (Å²) in [6, 6.07) is 19.4. The number of fused-ring (bicyclic) bond motifs is 2. The predicted octanol–water partition coefficient (Wildman–Crippen LogP) is 4.50. The van der Waals surface area contributed by atoms with Gasteiger partial charge in [0.05, 0.1) is 5.52 Å². The Morgan fingerprint density at radius 3 is 2.68 bits per heavy atom. The molecule has 4 rings (SSSR count). The average Bonchev–Trinajstić information content (AvgIpc) is 2.77. The maximum absolute atomic E-state index is 4.66. The fourth-order valence-corrected chi connectivity index (χ4v) is 3.42. The van der Waals surface area contributed by atoms with Gasteiger partial charge in [-0.15, -0.1) is 24.8 Å². The molecule has 5 heteroatoms. The molecule has 1 aliphatic rings. The first kappa shape index (κ1) is 19.5. The molecule has 0 amide bonds. The Morgan fingerprint density at radius 2 is 1.80 bits per heavy atom. The monoisotopic (exact) mass is 375 g/mol. The lowest BCUT2D eigenvalue weighted by atomic mass is 10.1. The van der Waals surface area contributed by atoms with Crippen LogP contribution in [0, 0.1) is 6.92 Å². The molecule has 1 N–H and O–H groups in total. The van der Waals surface area contributed by atoms with Gasteiger partial charge in [-0.25, -0.2) is 0 Å². The normalized spacial score (nSPS) is 13.4. The number of pyridine rings is 1. The lowest BCUT2D eigenvalue weighted by Gasteiger charge is -2.25. The molecule has 0 bridgehead atoms. The van der Waals surface area contributed by atoms with Crippen molar-refractivity contribution in [3.63, 3.8) is 0 Å². The van der Waals surface area contributed by atoms with E-state index in [-0.39, 0.29) is 24.8 Å². The Bertz CT molecular complexity index is 851. The standard InChI is InChI=1S/C20H21N3.2ClH/c1-15-12-17(18-7-3-4-8-19(18)22-15)14-23-11-10-21-13-16-6-2-5-9-20(16)23;;/h2-9,12,21H,10-11,13-14H2,1H3;2*1H. The van der Waals surface area contributed by atoms with Gasteiger partial charge in [-0.05, 0) is 36.2 Å². The minimum atomic E-state index is 0. The van der Waals surface area contributed by atoms with Crippen molar-refractivity contribution in [1.82, 2.24) is 10.3 Å². The van der Waals surface area contributed by atoms with E-state index >= 15 is 0 Å². The summed E-state index contributed by atoms with van der Waals surface area (Å²) in [6.45, 7) is 5.97. The molecule has 132 valence electrons. The summed E-state index contributed by atoms with van der Waals surface area (Å²) in [5, 5.41) is 4.77. The van der Waals surface area contributed by atoms with Crippen molar-refractivity contribution in [3.05, 3.63) is 71.4 Å². The Kier molecular flexibility index (Phi) is 6.65. The van der Waals surface area contributed by atoms with Crippen molar-refractivity contribution < 1.29 is 0 Å². The topological polar surface area (TPSA) is 28.2 Å². The molecule has 0 atom stereocenters. The van der Waals surface area contributed by atoms with Crippen molar-refractivity contribution in [2.75, 3.05) is 18.0 Å². The van der Waals surface area contributed by atoms with Crippen LogP contribution in [-0.2, 0) is 13.1 Å². The van der Waals surface area contributed by atoms with Gasteiger partial charge in [0.15, 0.2) is 0 Å². The van der Waals surface area contributed by atoms with Gasteiger partial charge >= 0.3 is 0 Å². The fraction of sp³-hybridized carbons (Fsp3) is 0.250. The highest BCUT2D eigenvalue weighted by Gasteiger charge is 2.16. The van der Waals surface area contributed by atoms with E-state index in [1.54, 1.807) is 0 Å². The zero-order chi connectivity index (χ0) is 15.6. The van der Waals surface area contributed by atoms with Crippen LogP contribution < -0.4 is 10.2 Å². The molecule has 0 unspecified atom stereocenters. The molecule has 0 spiro atoms. The molecule has 1 aromatic heterocycles. The van der Waals surface area contributed by atoms with E-state index in [9.17, 15) is 0 Å². The number of hydrogen-bond acceptors (Lipinski definition) is 3. The summed E-state index contributed by atoms with van der Waals surface area (Å²) in [5.41, 5.74) is 6.24. The number of halogens is 2. The first-order valence-electron chi connectivity index (χ1n) is 8.20. The van der Waals surface area contributed by atoms with Gasteiger partial charge < -0.3 is 10.2 Å². The van der Waals surface area contributed by atoms with Crippen LogP contribution in [0.3, 0.4) is 0 Å². The number of anilines is 1. The number of para-hydroxylation sites is 2. The van der Waals surface area contributed by atoms with Crippen molar-refractivity contribution in [2.45, 2.75) is 20.0 Å². The molecule has 0 saturated carbocycles. The highest BCUT2D eigenvalue weighted by Crippen LogP contribution is 2.26. The van der Waals surface area contributed by atoms with E-state index in [2.05, 4.69) is 76.7 Å². The first-order chi connectivity index (χ1) is 11.3. The van der Waals surface area contributed by atoms with Crippen LogP contribution in [-0.4, -0.2) is 18.1 Å². The van der Waals surface area contributed by atoms with Gasteiger partial charge in [0.2, 0.25) is 0 Å².